The van der Waals surface area contributed by atoms with Gasteiger partial charge in [-0.05, 0) is 12.8 Å². The van der Waals surface area contributed by atoms with Crippen LogP contribution in [0.2, 0.25) is 0 Å². The van der Waals surface area contributed by atoms with Crippen LogP contribution in [-0.4, -0.2) is 98.3 Å². The molecular weight excluding hydrogens is 280 g/mol. The topological polar surface area (TPSA) is 40.6 Å². The predicted molar refractivity (Wildman–Crippen MR) is 85.6 cm³/mol. The summed E-state index contributed by atoms with van der Waals surface area (Å²) in [7, 11) is 8.75. The second-order valence-electron chi connectivity index (χ2n) is 8.12. The fourth-order valence-corrected chi connectivity index (χ4v) is 3.31. The highest BCUT2D eigenvalue weighted by atomic mass is 16.2. The molecule has 6 nitrogen and oxygen atoms in total. The smallest absolute Gasteiger partial charge is 0.226 e. The molecule has 126 valence electrons. The molecule has 2 heterocycles. The third-order valence-electron chi connectivity index (χ3n) is 4.76. The highest BCUT2D eigenvalue weighted by molar-refractivity contribution is 5.78. The highest BCUT2D eigenvalue weighted by Gasteiger charge is 2.31. The maximum Gasteiger partial charge on any atom is 0.226 e. The summed E-state index contributed by atoms with van der Waals surface area (Å²) in [4.78, 5) is 27.6. The van der Waals surface area contributed by atoms with E-state index in [9.17, 15) is 9.59 Å². The lowest BCUT2D eigenvalue weighted by Gasteiger charge is -2.38. The molecule has 0 unspecified atom stereocenters. The molecule has 0 aliphatic carbocycles. The van der Waals surface area contributed by atoms with Crippen LogP contribution in [-0.2, 0) is 9.59 Å². The van der Waals surface area contributed by atoms with Crippen molar-refractivity contribution in [3.8, 4) is 0 Å². The van der Waals surface area contributed by atoms with Gasteiger partial charge in [-0.3, -0.25) is 19.4 Å². The number of hydrogen-bond acceptors (Lipinski definition) is 2. The Morgan fingerprint density at radius 2 is 1.14 bits per heavy atom. The fourth-order valence-electron chi connectivity index (χ4n) is 3.31. The predicted octanol–water partition coefficient (Wildman–Crippen LogP) is 0.299. The Kier molecular flexibility index (Phi) is 5.12. The van der Waals surface area contributed by atoms with Gasteiger partial charge in [-0.1, -0.05) is 0 Å². The van der Waals surface area contributed by atoms with Gasteiger partial charge < -0.3 is 8.97 Å². The molecule has 0 radical (unpaired) electrons. The van der Waals surface area contributed by atoms with Crippen LogP contribution in [0, 0.1) is 0 Å². The Bertz CT molecular complexity index is 394. The number of hydrogen-bond donors (Lipinski definition) is 0. The zero-order chi connectivity index (χ0) is 16.4. The summed E-state index contributed by atoms with van der Waals surface area (Å²) in [5, 5.41) is 0. The lowest BCUT2D eigenvalue weighted by atomic mass is 10.4. The molecule has 2 saturated heterocycles. The maximum absolute atomic E-state index is 11.8. The number of quaternary nitrogens is 2. The zero-order valence-corrected chi connectivity index (χ0v) is 14.7. The number of carbonyl (C=O) groups excluding carboxylic acids is 2. The molecule has 2 aliphatic heterocycles. The van der Waals surface area contributed by atoms with Crippen molar-refractivity contribution < 1.29 is 18.6 Å². The van der Waals surface area contributed by atoms with E-state index in [2.05, 4.69) is 28.2 Å². The first-order valence-corrected chi connectivity index (χ1v) is 8.38. The Hall–Kier alpha value is -1.14. The molecule has 0 saturated carbocycles. The molecule has 0 aromatic carbocycles. The molecule has 2 amide bonds. The summed E-state index contributed by atoms with van der Waals surface area (Å²) >= 11 is 0. The van der Waals surface area contributed by atoms with Crippen LogP contribution < -0.4 is 0 Å². The van der Waals surface area contributed by atoms with E-state index in [-0.39, 0.29) is 0 Å². The first kappa shape index (κ1) is 17.2. The van der Waals surface area contributed by atoms with Crippen molar-refractivity contribution >= 4 is 11.8 Å². The summed E-state index contributed by atoms with van der Waals surface area (Å²) < 4.78 is 1.64. The third kappa shape index (κ3) is 4.68. The Morgan fingerprint density at radius 3 is 1.41 bits per heavy atom. The lowest BCUT2D eigenvalue weighted by Crippen LogP contribution is -2.57. The van der Waals surface area contributed by atoms with Crippen molar-refractivity contribution in [1.29, 1.82) is 0 Å². The fraction of sp³-hybridized carbons (Fsp3) is 0.875. The van der Waals surface area contributed by atoms with Crippen molar-refractivity contribution in [2.75, 3.05) is 67.7 Å². The Balaban J connectivity index is 1.81. The molecule has 2 aliphatic rings. The first-order valence-electron chi connectivity index (χ1n) is 8.38. The van der Waals surface area contributed by atoms with Gasteiger partial charge in [0.05, 0.1) is 28.2 Å². The van der Waals surface area contributed by atoms with Crippen LogP contribution in [0.15, 0.2) is 0 Å². The summed E-state index contributed by atoms with van der Waals surface area (Å²) in [5.41, 5.74) is 0. The number of likely N-dealkylation sites (tertiary alicyclic amines) is 2. The first-order chi connectivity index (χ1) is 10.2. The molecule has 2 rings (SSSR count). The number of amides is 2. The maximum atomic E-state index is 11.8. The van der Waals surface area contributed by atoms with Crippen LogP contribution in [0.4, 0.5) is 0 Å². The SMILES string of the molecule is C[N+](C)(CC[N+](C)(C)CN1CCCC1=O)CN1CCCC1=O. The van der Waals surface area contributed by atoms with Crippen molar-refractivity contribution in [3.63, 3.8) is 0 Å². The van der Waals surface area contributed by atoms with Gasteiger partial charge in [-0.25, -0.2) is 0 Å². The summed E-state index contributed by atoms with van der Waals surface area (Å²) in [6, 6.07) is 0. The van der Waals surface area contributed by atoms with Crippen LogP contribution in [0.25, 0.3) is 0 Å². The average molecular weight is 312 g/mol. The summed E-state index contributed by atoms with van der Waals surface area (Å²) in [6.45, 7) is 5.39. The van der Waals surface area contributed by atoms with Gasteiger partial charge >= 0.3 is 0 Å². The number of nitrogens with zero attached hydrogens (tertiary/aromatic N) is 4. The second-order valence-corrected chi connectivity index (χ2v) is 8.12. The van der Waals surface area contributed by atoms with Gasteiger partial charge in [0.25, 0.3) is 0 Å². The highest BCUT2D eigenvalue weighted by Crippen LogP contribution is 2.15. The van der Waals surface area contributed by atoms with E-state index in [4.69, 9.17) is 0 Å². The molecule has 22 heavy (non-hydrogen) atoms. The van der Waals surface area contributed by atoms with E-state index < -0.39 is 0 Å². The Morgan fingerprint density at radius 1 is 0.773 bits per heavy atom. The van der Waals surface area contributed by atoms with Crippen LogP contribution in [0.5, 0.6) is 0 Å². The van der Waals surface area contributed by atoms with Gasteiger partial charge in [0, 0.05) is 25.9 Å². The summed E-state index contributed by atoms with van der Waals surface area (Å²) in [6.07, 6.45) is 3.41. The molecule has 0 N–H and O–H groups in total. The number of rotatable bonds is 7. The molecule has 0 aromatic heterocycles. The minimum Gasteiger partial charge on any atom is -0.307 e. The number of carbonyl (C=O) groups is 2. The molecular formula is C16H32N4O2+2. The van der Waals surface area contributed by atoms with Crippen LogP contribution in [0.3, 0.4) is 0 Å². The minimum absolute atomic E-state index is 0.294. The van der Waals surface area contributed by atoms with Gasteiger partial charge in [0.15, 0.2) is 13.3 Å². The van der Waals surface area contributed by atoms with Crippen molar-refractivity contribution in [2.24, 2.45) is 0 Å². The second kappa shape index (κ2) is 6.54. The van der Waals surface area contributed by atoms with E-state index in [1.54, 1.807) is 0 Å². The van der Waals surface area contributed by atoms with E-state index in [1.807, 2.05) is 9.80 Å². The van der Waals surface area contributed by atoms with E-state index in [0.717, 1.165) is 61.3 Å². The standard InChI is InChI=1S/C16H32N4O2/c1-19(2,13-17-9-5-7-15(17)21)11-12-20(3,4)14-18-10-6-8-16(18)22/h5-14H2,1-4H3/q+2. The van der Waals surface area contributed by atoms with Crippen molar-refractivity contribution in [3.05, 3.63) is 0 Å². The molecule has 0 atom stereocenters. The van der Waals surface area contributed by atoms with Crippen molar-refractivity contribution in [1.82, 2.24) is 9.80 Å². The third-order valence-corrected chi connectivity index (χ3v) is 4.76. The number of likely N-dealkylation sites (N-methyl/N-ethyl adjacent to an activating group) is 2. The normalized spacial score (nSPS) is 20.4. The van der Waals surface area contributed by atoms with Gasteiger partial charge in [-0.2, -0.15) is 0 Å². The Labute approximate surface area is 134 Å². The molecule has 2 fully saturated rings. The largest absolute Gasteiger partial charge is 0.307 e. The van der Waals surface area contributed by atoms with E-state index >= 15 is 0 Å². The molecule has 0 spiro atoms. The van der Waals surface area contributed by atoms with Gasteiger partial charge in [0.1, 0.15) is 13.1 Å². The van der Waals surface area contributed by atoms with E-state index in [1.165, 1.54) is 0 Å². The van der Waals surface area contributed by atoms with Crippen molar-refractivity contribution in [2.45, 2.75) is 25.7 Å². The van der Waals surface area contributed by atoms with Crippen LogP contribution >= 0.6 is 0 Å². The van der Waals surface area contributed by atoms with Crippen LogP contribution in [0.1, 0.15) is 25.7 Å². The monoisotopic (exact) mass is 312 g/mol. The van der Waals surface area contributed by atoms with Gasteiger partial charge in [-0.15, -0.1) is 0 Å². The quantitative estimate of drug-likeness (QED) is 0.635. The van der Waals surface area contributed by atoms with Gasteiger partial charge in [0.2, 0.25) is 11.8 Å². The van der Waals surface area contributed by atoms with E-state index in [0.29, 0.717) is 24.7 Å². The average Bonchev–Trinajstić information content (AvgIpc) is 2.98. The molecule has 0 aromatic rings. The molecule has 6 heteroatoms. The molecule has 0 bridgehead atoms. The lowest BCUT2D eigenvalue weighted by molar-refractivity contribution is -0.953. The summed E-state index contributed by atoms with van der Waals surface area (Å²) in [5.74, 6) is 0.588. The zero-order valence-electron chi connectivity index (χ0n) is 14.7. The minimum atomic E-state index is 0.294.